The Morgan fingerprint density at radius 2 is 0.833 bits per heavy atom. The van der Waals surface area contributed by atoms with Crippen LogP contribution in [0.2, 0.25) is 0 Å². The van der Waals surface area contributed by atoms with Gasteiger partial charge < -0.3 is 9.80 Å². The lowest BCUT2D eigenvalue weighted by atomic mass is 10.2. The first-order chi connectivity index (χ1) is 17.5. The second-order valence-electron chi connectivity index (χ2n) is 9.45. The van der Waals surface area contributed by atoms with Crippen molar-refractivity contribution in [2.24, 2.45) is 0 Å². The van der Waals surface area contributed by atoms with Crippen LogP contribution >= 0.6 is 0 Å². The summed E-state index contributed by atoms with van der Waals surface area (Å²) in [6, 6.07) is 26.0. The van der Waals surface area contributed by atoms with Gasteiger partial charge in [-0.15, -0.1) is 0 Å². The molecule has 0 aliphatic rings. The predicted octanol–water partition coefficient (Wildman–Crippen LogP) is 5.22. The Morgan fingerprint density at radius 1 is 0.500 bits per heavy atom. The van der Waals surface area contributed by atoms with Crippen molar-refractivity contribution in [3.05, 3.63) is 132 Å². The van der Waals surface area contributed by atoms with E-state index < -0.39 is 0 Å². The third-order valence-corrected chi connectivity index (χ3v) is 6.16. The smallest absolute Gasteiger partial charge is 0.173 e. The van der Waals surface area contributed by atoms with Crippen LogP contribution in [0.1, 0.15) is 22.3 Å². The minimum Gasteiger partial charge on any atom is -0.378 e. The molecule has 4 heteroatoms. The molecule has 2 heterocycles. The number of rotatable bonds is 9. The first-order valence-electron chi connectivity index (χ1n) is 12.3. The zero-order valence-corrected chi connectivity index (χ0v) is 21.8. The zero-order chi connectivity index (χ0) is 25.3. The first-order valence-corrected chi connectivity index (χ1v) is 12.3. The largest absolute Gasteiger partial charge is 0.378 e. The molecule has 2 aromatic heterocycles. The normalized spacial score (nSPS) is 11.3. The number of allylic oxidation sites excluding steroid dienone is 2. The molecule has 0 amide bonds. The molecule has 0 saturated carbocycles. The average Bonchev–Trinajstić information content (AvgIpc) is 2.89. The molecule has 0 unspecified atom stereocenters. The standard InChI is InChI=1S/C32H36N4/c1-33(2)31-13-9-29(10-14-31)25-35-21-17-27(18-22-35)7-5-6-8-28-19-23-36(24-20-28)26-30-11-15-32(16-12-30)34(3)4/h5-24H,25-26H2,1-4H3/q+2/b7-5+,8-6+. The predicted molar refractivity (Wildman–Crippen MR) is 151 cm³/mol. The Labute approximate surface area is 215 Å². The maximum Gasteiger partial charge on any atom is 0.173 e. The lowest BCUT2D eigenvalue weighted by molar-refractivity contribution is -0.688. The van der Waals surface area contributed by atoms with Crippen LogP contribution in [-0.2, 0) is 13.1 Å². The van der Waals surface area contributed by atoms with Gasteiger partial charge in [0.25, 0.3) is 0 Å². The van der Waals surface area contributed by atoms with Crippen LogP contribution in [0.3, 0.4) is 0 Å². The van der Waals surface area contributed by atoms with Crippen molar-refractivity contribution in [1.82, 2.24) is 0 Å². The molecule has 0 radical (unpaired) electrons. The van der Waals surface area contributed by atoms with E-state index in [1.54, 1.807) is 0 Å². The maximum atomic E-state index is 2.20. The highest BCUT2D eigenvalue weighted by Gasteiger charge is 2.04. The van der Waals surface area contributed by atoms with Gasteiger partial charge in [0.1, 0.15) is 0 Å². The number of hydrogen-bond donors (Lipinski definition) is 0. The molecule has 4 rings (SSSR count). The van der Waals surface area contributed by atoms with Gasteiger partial charge in [0.2, 0.25) is 0 Å². The van der Waals surface area contributed by atoms with Crippen LogP contribution in [0.4, 0.5) is 11.4 Å². The van der Waals surface area contributed by atoms with Gasteiger partial charge >= 0.3 is 0 Å². The van der Waals surface area contributed by atoms with Gasteiger partial charge in [-0.05, 0) is 35.4 Å². The molecule has 4 nitrogen and oxygen atoms in total. The molecule has 0 atom stereocenters. The number of aromatic nitrogens is 2. The fourth-order valence-corrected chi connectivity index (χ4v) is 3.92. The average molecular weight is 477 g/mol. The van der Waals surface area contributed by atoms with Crippen molar-refractivity contribution in [2.75, 3.05) is 38.0 Å². The Kier molecular flexibility index (Phi) is 8.30. The van der Waals surface area contributed by atoms with Crippen molar-refractivity contribution in [3.8, 4) is 0 Å². The Hall–Kier alpha value is -4.18. The molecule has 36 heavy (non-hydrogen) atoms. The molecular weight excluding hydrogens is 440 g/mol. The van der Waals surface area contributed by atoms with E-state index in [0.29, 0.717) is 0 Å². The highest BCUT2D eigenvalue weighted by Crippen LogP contribution is 2.13. The summed E-state index contributed by atoms with van der Waals surface area (Å²) in [5.74, 6) is 0. The number of benzene rings is 2. The summed E-state index contributed by atoms with van der Waals surface area (Å²) in [6.07, 6.45) is 17.0. The third-order valence-electron chi connectivity index (χ3n) is 6.16. The number of nitrogens with zero attached hydrogens (tertiary/aromatic N) is 4. The van der Waals surface area contributed by atoms with Crippen LogP contribution < -0.4 is 18.9 Å². The molecule has 182 valence electrons. The summed E-state index contributed by atoms with van der Waals surface area (Å²) < 4.78 is 4.40. The summed E-state index contributed by atoms with van der Waals surface area (Å²) in [5, 5.41) is 0. The number of pyridine rings is 2. The Balaban J connectivity index is 1.27. The second-order valence-corrected chi connectivity index (χ2v) is 9.45. The van der Waals surface area contributed by atoms with Crippen LogP contribution in [0.5, 0.6) is 0 Å². The van der Waals surface area contributed by atoms with Crippen molar-refractivity contribution in [1.29, 1.82) is 0 Å². The van der Waals surface area contributed by atoms with Crippen molar-refractivity contribution >= 4 is 23.5 Å². The molecule has 0 spiro atoms. The molecule has 2 aromatic carbocycles. The Bertz CT molecular complexity index is 1180. The van der Waals surface area contributed by atoms with E-state index in [2.05, 4.69) is 169 Å². The van der Waals surface area contributed by atoms with Crippen LogP contribution in [0, 0.1) is 0 Å². The minimum absolute atomic E-state index is 0.868. The fraction of sp³-hybridized carbons (Fsp3) is 0.188. The van der Waals surface area contributed by atoms with E-state index in [-0.39, 0.29) is 0 Å². The molecule has 0 aliphatic heterocycles. The minimum atomic E-state index is 0.868. The van der Waals surface area contributed by atoms with Crippen molar-refractivity contribution in [3.63, 3.8) is 0 Å². The van der Waals surface area contributed by atoms with Gasteiger partial charge in [0, 0.05) is 75.0 Å². The molecular formula is C32H36N4+2. The maximum absolute atomic E-state index is 2.20. The lowest BCUT2D eigenvalue weighted by Gasteiger charge is -2.11. The van der Waals surface area contributed by atoms with E-state index in [1.165, 1.54) is 33.6 Å². The summed E-state index contributed by atoms with van der Waals surface area (Å²) in [5.41, 5.74) is 7.40. The molecule has 0 fully saturated rings. The van der Waals surface area contributed by atoms with E-state index in [0.717, 1.165) is 13.1 Å². The van der Waals surface area contributed by atoms with Crippen molar-refractivity contribution < 1.29 is 9.13 Å². The molecule has 0 bridgehead atoms. The van der Waals surface area contributed by atoms with Gasteiger partial charge in [0.05, 0.1) is 0 Å². The van der Waals surface area contributed by atoms with Gasteiger partial charge in [-0.3, -0.25) is 0 Å². The van der Waals surface area contributed by atoms with Gasteiger partial charge in [-0.2, -0.15) is 0 Å². The van der Waals surface area contributed by atoms with E-state index in [1.807, 2.05) is 0 Å². The first kappa shape index (κ1) is 24.9. The topological polar surface area (TPSA) is 14.2 Å². The SMILES string of the molecule is CN(C)c1ccc(C[n+]2ccc(/C=C/C=C/c3cc[n+](Cc4ccc(N(C)C)cc4)cc3)cc2)cc1. The monoisotopic (exact) mass is 476 g/mol. The molecule has 0 saturated heterocycles. The number of hydrogen-bond acceptors (Lipinski definition) is 2. The zero-order valence-electron chi connectivity index (χ0n) is 21.8. The fourth-order valence-electron chi connectivity index (χ4n) is 3.92. The molecule has 0 aliphatic carbocycles. The van der Waals surface area contributed by atoms with E-state index in [4.69, 9.17) is 0 Å². The van der Waals surface area contributed by atoms with Crippen LogP contribution in [-0.4, -0.2) is 28.2 Å². The molecule has 0 N–H and O–H groups in total. The molecule has 4 aromatic rings. The summed E-state index contributed by atoms with van der Waals surface area (Å²) in [4.78, 5) is 4.24. The van der Waals surface area contributed by atoms with Crippen molar-refractivity contribution in [2.45, 2.75) is 13.1 Å². The highest BCUT2D eigenvalue weighted by molar-refractivity contribution is 5.56. The summed E-state index contributed by atoms with van der Waals surface area (Å²) in [7, 11) is 8.25. The van der Waals surface area contributed by atoms with Crippen LogP contribution in [0.25, 0.3) is 12.2 Å². The highest BCUT2D eigenvalue weighted by atomic mass is 15.1. The second kappa shape index (κ2) is 12.0. The summed E-state index contributed by atoms with van der Waals surface area (Å²) in [6.45, 7) is 1.74. The van der Waals surface area contributed by atoms with Gasteiger partial charge in [0.15, 0.2) is 37.9 Å². The third kappa shape index (κ3) is 7.16. The Morgan fingerprint density at radius 3 is 1.14 bits per heavy atom. The quantitative estimate of drug-likeness (QED) is 0.243. The van der Waals surface area contributed by atoms with Gasteiger partial charge in [-0.25, -0.2) is 9.13 Å². The number of anilines is 2. The van der Waals surface area contributed by atoms with E-state index in [9.17, 15) is 0 Å². The lowest BCUT2D eigenvalue weighted by Crippen LogP contribution is -2.33. The van der Waals surface area contributed by atoms with Crippen LogP contribution in [0.15, 0.2) is 110 Å². The van der Waals surface area contributed by atoms with Gasteiger partial charge in [-0.1, -0.05) is 48.6 Å². The van der Waals surface area contributed by atoms with E-state index >= 15 is 0 Å². The summed E-state index contributed by atoms with van der Waals surface area (Å²) >= 11 is 0.